The first-order valence-electron chi connectivity index (χ1n) is 5.86. The Kier molecular flexibility index (Phi) is 4.57. The van der Waals surface area contributed by atoms with E-state index < -0.39 is 0 Å². The number of aromatic nitrogens is 2. The Hall–Kier alpha value is -1.65. The van der Waals surface area contributed by atoms with Crippen LogP contribution in [0, 0.1) is 6.92 Å². The third-order valence-electron chi connectivity index (χ3n) is 2.67. The largest absolute Gasteiger partial charge is 0.497 e. The summed E-state index contributed by atoms with van der Waals surface area (Å²) >= 11 is 11.5. The SMILES string of the molecule is COc1cc(C)cc(C(=O)Cc2cc(Cl)nc(Cl)n2)c1. The Balaban J connectivity index is 2.25. The van der Waals surface area contributed by atoms with Gasteiger partial charge in [-0.3, -0.25) is 4.79 Å². The van der Waals surface area contributed by atoms with Crippen LogP contribution >= 0.6 is 23.2 Å². The molecule has 1 aromatic heterocycles. The lowest BCUT2D eigenvalue weighted by Crippen LogP contribution is -2.06. The van der Waals surface area contributed by atoms with Gasteiger partial charge in [0.15, 0.2) is 5.78 Å². The molecule has 0 radical (unpaired) electrons. The molecule has 0 unspecified atom stereocenters. The number of hydrogen-bond donors (Lipinski definition) is 0. The number of ketones is 1. The van der Waals surface area contributed by atoms with Gasteiger partial charge in [-0.2, -0.15) is 0 Å². The van der Waals surface area contributed by atoms with E-state index in [4.69, 9.17) is 27.9 Å². The zero-order chi connectivity index (χ0) is 14.7. The number of carbonyl (C=O) groups excluding carboxylic acids is 1. The molecule has 6 heteroatoms. The predicted octanol–water partition coefficient (Wildman–Crippen LogP) is 3.53. The van der Waals surface area contributed by atoms with Gasteiger partial charge in [0.2, 0.25) is 5.28 Å². The van der Waals surface area contributed by atoms with E-state index in [0.29, 0.717) is 17.0 Å². The molecular weight excluding hydrogens is 299 g/mol. The lowest BCUT2D eigenvalue weighted by Gasteiger charge is -2.06. The second kappa shape index (κ2) is 6.20. The molecule has 0 aliphatic heterocycles. The molecule has 0 aliphatic carbocycles. The number of aryl methyl sites for hydroxylation is 1. The molecule has 0 N–H and O–H groups in total. The number of carbonyl (C=O) groups is 1. The Labute approximate surface area is 126 Å². The second-order valence-electron chi connectivity index (χ2n) is 4.29. The highest BCUT2D eigenvalue weighted by atomic mass is 35.5. The molecule has 0 aliphatic rings. The normalized spacial score (nSPS) is 10.4. The molecule has 1 aromatic carbocycles. The van der Waals surface area contributed by atoms with Crippen LogP contribution in [0.4, 0.5) is 0 Å². The van der Waals surface area contributed by atoms with Crippen LogP contribution in [0.3, 0.4) is 0 Å². The van der Waals surface area contributed by atoms with Crippen molar-refractivity contribution in [2.45, 2.75) is 13.3 Å². The summed E-state index contributed by atoms with van der Waals surface area (Å²) in [6.07, 6.45) is 0.106. The number of benzene rings is 1. The van der Waals surface area contributed by atoms with Crippen LogP contribution in [0.5, 0.6) is 5.75 Å². The van der Waals surface area contributed by atoms with Crippen LogP contribution in [0.25, 0.3) is 0 Å². The van der Waals surface area contributed by atoms with Gasteiger partial charge in [0.05, 0.1) is 19.2 Å². The molecule has 0 amide bonds. The summed E-state index contributed by atoms with van der Waals surface area (Å²) in [6, 6.07) is 6.88. The molecule has 0 spiro atoms. The van der Waals surface area contributed by atoms with Gasteiger partial charge in [0, 0.05) is 5.56 Å². The number of Topliss-reactive ketones (excluding diaryl/α,β-unsaturated/α-hetero) is 1. The minimum absolute atomic E-state index is 0.0297. The minimum Gasteiger partial charge on any atom is -0.497 e. The first kappa shape index (κ1) is 14.8. The summed E-state index contributed by atoms with van der Waals surface area (Å²) in [5, 5.41) is 0.247. The molecule has 20 heavy (non-hydrogen) atoms. The second-order valence-corrected chi connectivity index (χ2v) is 5.02. The van der Waals surface area contributed by atoms with Crippen molar-refractivity contribution in [2.75, 3.05) is 7.11 Å². The topological polar surface area (TPSA) is 52.1 Å². The standard InChI is InChI=1S/C14H12Cl2N2O2/c1-8-3-9(5-11(4-8)20-2)12(19)6-10-7-13(15)18-14(16)17-10/h3-5,7H,6H2,1-2H3. The number of hydrogen-bond acceptors (Lipinski definition) is 4. The Morgan fingerprint density at radius 1 is 1.20 bits per heavy atom. The predicted molar refractivity (Wildman–Crippen MR) is 77.8 cm³/mol. The lowest BCUT2D eigenvalue weighted by molar-refractivity contribution is 0.0991. The molecule has 2 rings (SSSR count). The fourth-order valence-corrected chi connectivity index (χ4v) is 2.27. The minimum atomic E-state index is -0.0853. The monoisotopic (exact) mass is 310 g/mol. The summed E-state index contributed by atoms with van der Waals surface area (Å²) in [5.41, 5.74) is 2.00. The molecule has 0 saturated carbocycles. The van der Waals surface area contributed by atoms with Gasteiger partial charge in [0.1, 0.15) is 10.9 Å². The van der Waals surface area contributed by atoms with E-state index in [2.05, 4.69) is 9.97 Å². The fraction of sp³-hybridized carbons (Fsp3) is 0.214. The third-order valence-corrected chi connectivity index (χ3v) is 3.03. The molecular formula is C14H12Cl2N2O2. The van der Waals surface area contributed by atoms with E-state index in [-0.39, 0.29) is 22.6 Å². The zero-order valence-corrected chi connectivity index (χ0v) is 12.5. The summed E-state index contributed by atoms with van der Waals surface area (Å²) in [5.74, 6) is 0.560. The van der Waals surface area contributed by atoms with Gasteiger partial charge in [-0.05, 0) is 48.4 Å². The molecule has 104 valence electrons. The van der Waals surface area contributed by atoms with Crippen LogP contribution in [-0.2, 0) is 6.42 Å². The van der Waals surface area contributed by atoms with Crippen molar-refractivity contribution < 1.29 is 9.53 Å². The van der Waals surface area contributed by atoms with Crippen LogP contribution in [0.1, 0.15) is 21.6 Å². The van der Waals surface area contributed by atoms with Crippen LogP contribution in [0.15, 0.2) is 24.3 Å². The molecule has 0 atom stereocenters. The molecule has 1 heterocycles. The van der Waals surface area contributed by atoms with Gasteiger partial charge in [0.25, 0.3) is 0 Å². The maximum atomic E-state index is 12.3. The lowest BCUT2D eigenvalue weighted by atomic mass is 10.0. The van der Waals surface area contributed by atoms with E-state index in [1.807, 2.05) is 13.0 Å². The third kappa shape index (κ3) is 3.68. The number of ether oxygens (including phenoxy) is 1. The highest BCUT2D eigenvalue weighted by molar-refractivity contribution is 6.31. The van der Waals surface area contributed by atoms with E-state index in [1.165, 1.54) is 6.07 Å². The Morgan fingerprint density at radius 3 is 2.60 bits per heavy atom. The van der Waals surface area contributed by atoms with Crippen molar-refractivity contribution in [1.29, 1.82) is 0 Å². The maximum absolute atomic E-state index is 12.3. The van der Waals surface area contributed by atoms with Gasteiger partial charge >= 0.3 is 0 Å². The molecule has 0 saturated heterocycles. The average molecular weight is 311 g/mol. The van der Waals surface area contributed by atoms with E-state index in [1.54, 1.807) is 19.2 Å². The summed E-state index contributed by atoms with van der Waals surface area (Å²) in [4.78, 5) is 20.0. The van der Waals surface area contributed by atoms with Crippen molar-refractivity contribution in [1.82, 2.24) is 9.97 Å². The smallest absolute Gasteiger partial charge is 0.224 e. The number of rotatable bonds is 4. The fourth-order valence-electron chi connectivity index (χ4n) is 1.82. The van der Waals surface area contributed by atoms with Crippen LogP contribution < -0.4 is 4.74 Å². The van der Waals surface area contributed by atoms with Gasteiger partial charge in [-0.1, -0.05) is 11.6 Å². The van der Waals surface area contributed by atoms with E-state index >= 15 is 0 Å². The first-order chi connectivity index (χ1) is 9.47. The first-order valence-corrected chi connectivity index (χ1v) is 6.61. The van der Waals surface area contributed by atoms with Gasteiger partial charge < -0.3 is 4.74 Å². The summed E-state index contributed by atoms with van der Waals surface area (Å²) in [6.45, 7) is 1.90. The molecule has 0 fully saturated rings. The van der Waals surface area contributed by atoms with Gasteiger partial charge in [-0.25, -0.2) is 9.97 Å². The quantitative estimate of drug-likeness (QED) is 0.492. The number of methoxy groups -OCH3 is 1. The maximum Gasteiger partial charge on any atom is 0.224 e. The number of halogens is 2. The summed E-state index contributed by atoms with van der Waals surface area (Å²) < 4.78 is 5.15. The van der Waals surface area contributed by atoms with Crippen molar-refractivity contribution in [2.24, 2.45) is 0 Å². The van der Waals surface area contributed by atoms with Crippen LogP contribution in [-0.4, -0.2) is 22.9 Å². The Bertz CT molecular complexity index is 639. The van der Waals surface area contributed by atoms with Crippen molar-refractivity contribution in [3.63, 3.8) is 0 Å². The van der Waals surface area contributed by atoms with Gasteiger partial charge in [-0.15, -0.1) is 0 Å². The number of nitrogens with zero attached hydrogens (tertiary/aromatic N) is 2. The zero-order valence-electron chi connectivity index (χ0n) is 11.0. The molecule has 4 nitrogen and oxygen atoms in total. The van der Waals surface area contributed by atoms with Crippen molar-refractivity contribution in [3.8, 4) is 5.75 Å². The van der Waals surface area contributed by atoms with Crippen molar-refractivity contribution >= 4 is 29.0 Å². The summed E-state index contributed by atoms with van der Waals surface area (Å²) in [7, 11) is 1.56. The average Bonchev–Trinajstić information content (AvgIpc) is 2.36. The molecule has 2 aromatic rings. The molecule has 0 bridgehead atoms. The van der Waals surface area contributed by atoms with Crippen LogP contribution in [0.2, 0.25) is 10.4 Å². The highest BCUT2D eigenvalue weighted by Gasteiger charge is 2.11. The van der Waals surface area contributed by atoms with E-state index in [9.17, 15) is 4.79 Å². The van der Waals surface area contributed by atoms with Crippen molar-refractivity contribution in [3.05, 3.63) is 51.5 Å². The Morgan fingerprint density at radius 2 is 1.95 bits per heavy atom. The highest BCUT2D eigenvalue weighted by Crippen LogP contribution is 2.19. The van der Waals surface area contributed by atoms with E-state index in [0.717, 1.165) is 5.56 Å².